The van der Waals surface area contributed by atoms with Gasteiger partial charge in [-0.15, -0.1) is 0 Å². The summed E-state index contributed by atoms with van der Waals surface area (Å²) in [6, 6.07) is 2.97. The monoisotopic (exact) mass is 348 g/mol. The summed E-state index contributed by atoms with van der Waals surface area (Å²) in [5, 5.41) is 20.5. The van der Waals surface area contributed by atoms with Crippen molar-refractivity contribution < 1.29 is 24.4 Å². The van der Waals surface area contributed by atoms with E-state index in [-0.39, 0.29) is 29.0 Å². The minimum atomic E-state index is -1.00. The molecule has 1 saturated heterocycles. The van der Waals surface area contributed by atoms with Crippen molar-refractivity contribution in [2.24, 2.45) is 5.92 Å². The number of carbonyl (C=O) groups is 2. The third-order valence-electron chi connectivity index (χ3n) is 5.23. The van der Waals surface area contributed by atoms with Crippen molar-refractivity contribution in [1.82, 2.24) is 4.90 Å². The van der Waals surface area contributed by atoms with E-state index in [0.717, 1.165) is 25.7 Å². The minimum absolute atomic E-state index is 0.0119. The third kappa shape index (κ3) is 3.04. The van der Waals surface area contributed by atoms with E-state index in [1.165, 1.54) is 30.2 Å². The van der Waals surface area contributed by atoms with Crippen LogP contribution in [0.5, 0.6) is 5.75 Å². The van der Waals surface area contributed by atoms with E-state index in [9.17, 15) is 24.8 Å². The Bertz CT molecular complexity index is 719. The number of fused-ring (bicyclic) bond motifs is 1. The molecule has 2 aliphatic rings. The standard InChI is InChI=1S/C17H20N2O6/c1-25-15-9-11(6-7-13(15)19(23)24)16(20)18-12-5-3-2-4-10(12)8-14(18)17(21)22/h6-7,9-10,12,14H,2-5,8H2,1H3,(H,21,22). The first-order valence-electron chi connectivity index (χ1n) is 8.32. The quantitative estimate of drug-likeness (QED) is 0.661. The average molecular weight is 348 g/mol. The van der Waals surface area contributed by atoms with Crippen molar-refractivity contribution in [3.8, 4) is 5.75 Å². The Kier molecular flexibility index (Phi) is 4.61. The number of amides is 1. The van der Waals surface area contributed by atoms with E-state index in [4.69, 9.17) is 4.74 Å². The number of ether oxygens (including phenoxy) is 1. The highest BCUT2D eigenvalue weighted by Gasteiger charge is 2.47. The molecule has 1 aromatic rings. The number of nitro groups is 1. The predicted molar refractivity (Wildman–Crippen MR) is 87.6 cm³/mol. The molecule has 25 heavy (non-hydrogen) atoms. The van der Waals surface area contributed by atoms with Gasteiger partial charge in [-0.1, -0.05) is 12.8 Å². The van der Waals surface area contributed by atoms with Gasteiger partial charge in [0.1, 0.15) is 6.04 Å². The Balaban J connectivity index is 1.95. The first-order chi connectivity index (χ1) is 11.9. The summed E-state index contributed by atoms with van der Waals surface area (Å²) < 4.78 is 5.01. The molecule has 1 aromatic carbocycles. The zero-order valence-electron chi connectivity index (χ0n) is 13.9. The van der Waals surface area contributed by atoms with Crippen molar-refractivity contribution in [3.63, 3.8) is 0 Å². The number of methoxy groups -OCH3 is 1. The van der Waals surface area contributed by atoms with E-state index in [1.54, 1.807) is 0 Å². The molecule has 1 amide bonds. The number of benzene rings is 1. The van der Waals surface area contributed by atoms with Crippen LogP contribution < -0.4 is 4.74 Å². The maximum absolute atomic E-state index is 13.0. The highest BCUT2D eigenvalue weighted by molar-refractivity contribution is 5.98. The number of carbonyl (C=O) groups excluding carboxylic acids is 1. The lowest BCUT2D eigenvalue weighted by atomic mass is 9.84. The molecule has 1 aliphatic carbocycles. The van der Waals surface area contributed by atoms with Gasteiger partial charge in [0.2, 0.25) is 0 Å². The second-order valence-electron chi connectivity index (χ2n) is 6.56. The van der Waals surface area contributed by atoms with E-state index >= 15 is 0 Å². The van der Waals surface area contributed by atoms with E-state index in [1.807, 2.05) is 0 Å². The van der Waals surface area contributed by atoms with Gasteiger partial charge in [-0.05, 0) is 31.2 Å². The van der Waals surface area contributed by atoms with Crippen molar-refractivity contribution in [1.29, 1.82) is 0 Å². The first kappa shape index (κ1) is 17.2. The number of rotatable bonds is 4. The molecule has 3 rings (SSSR count). The molecule has 134 valence electrons. The molecule has 1 saturated carbocycles. The lowest BCUT2D eigenvalue weighted by molar-refractivity contribution is -0.385. The molecule has 0 radical (unpaired) electrons. The minimum Gasteiger partial charge on any atom is -0.490 e. The second-order valence-corrected chi connectivity index (χ2v) is 6.56. The van der Waals surface area contributed by atoms with Crippen LogP contribution in [-0.4, -0.2) is 46.0 Å². The molecule has 1 heterocycles. The largest absolute Gasteiger partial charge is 0.490 e. The highest BCUT2D eigenvalue weighted by Crippen LogP contribution is 2.41. The lowest BCUT2D eigenvalue weighted by Crippen LogP contribution is -2.46. The van der Waals surface area contributed by atoms with Gasteiger partial charge in [-0.2, -0.15) is 0 Å². The number of hydrogen-bond acceptors (Lipinski definition) is 5. The van der Waals surface area contributed by atoms with Crippen molar-refractivity contribution in [2.45, 2.75) is 44.2 Å². The van der Waals surface area contributed by atoms with E-state index in [2.05, 4.69) is 0 Å². The SMILES string of the molecule is COc1cc(C(=O)N2C(C(=O)O)CC3CCCCC32)ccc1[N+](=O)[O-]. The van der Waals surface area contributed by atoms with Crippen LogP contribution in [0.3, 0.4) is 0 Å². The molecule has 3 unspecified atom stereocenters. The number of likely N-dealkylation sites (tertiary alicyclic amines) is 1. The molecule has 8 nitrogen and oxygen atoms in total. The van der Waals surface area contributed by atoms with Gasteiger partial charge < -0.3 is 14.7 Å². The summed E-state index contributed by atoms with van der Waals surface area (Å²) >= 11 is 0. The Morgan fingerprint density at radius 3 is 2.68 bits per heavy atom. The van der Waals surface area contributed by atoms with Gasteiger partial charge in [0.05, 0.1) is 12.0 Å². The fourth-order valence-corrected chi connectivity index (χ4v) is 4.08. The summed E-state index contributed by atoms with van der Waals surface area (Å²) in [5.41, 5.74) is -0.0225. The number of aliphatic carboxylic acids is 1. The van der Waals surface area contributed by atoms with Gasteiger partial charge in [-0.25, -0.2) is 4.79 Å². The summed E-state index contributed by atoms with van der Waals surface area (Å²) in [4.78, 5) is 36.5. The maximum Gasteiger partial charge on any atom is 0.326 e. The molecule has 1 aliphatic heterocycles. The van der Waals surface area contributed by atoms with Crippen molar-refractivity contribution in [2.75, 3.05) is 7.11 Å². The smallest absolute Gasteiger partial charge is 0.326 e. The fraction of sp³-hybridized carbons (Fsp3) is 0.529. The van der Waals surface area contributed by atoms with Gasteiger partial charge >= 0.3 is 11.7 Å². The molecular weight excluding hydrogens is 328 g/mol. The van der Waals surface area contributed by atoms with Gasteiger partial charge in [0, 0.05) is 23.7 Å². The third-order valence-corrected chi connectivity index (χ3v) is 5.23. The van der Waals surface area contributed by atoms with Crippen molar-refractivity contribution in [3.05, 3.63) is 33.9 Å². The van der Waals surface area contributed by atoms with Crippen LogP contribution in [-0.2, 0) is 4.79 Å². The van der Waals surface area contributed by atoms with Crippen LogP contribution >= 0.6 is 0 Å². The van der Waals surface area contributed by atoms with Crippen LogP contribution in [0.2, 0.25) is 0 Å². The Labute approximate surface area is 144 Å². The number of nitro benzene ring substituents is 1. The zero-order chi connectivity index (χ0) is 18.1. The molecule has 8 heteroatoms. The van der Waals surface area contributed by atoms with Crippen LogP contribution in [0, 0.1) is 16.0 Å². The summed E-state index contributed by atoms with van der Waals surface area (Å²) in [7, 11) is 1.30. The van der Waals surface area contributed by atoms with Gasteiger partial charge in [0.25, 0.3) is 5.91 Å². The molecule has 0 aromatic heterocycles. The maximum atomic E-state index is 13.0. The van der Waals surface area contributed by atoms with Gasteiger partial charge in [-0.3, -0.25) is 14.9 Å². The highest BCUT2D eigenvalue weighted by atomic mass is 16.6. The summed E-state index contributed by atoms with van der Waals surface area (Å²) in [5.74, 6) is -1.22. The number of carboxylic acids is 1. The topological polar surface area (TPSA) is 110 Å². The number of carboxylic acid groups (broad SMARTS) is 1. The normalized spacial score (nSPS) is 25.3. The first-order valence-corrected chi connectivity index (χ1v) is 8.32. The van der Waals surface area contributed by atoms with E-state index in [0.29, 0.717) is 6.42 Å². The predicted octanol–water partition coefficient (Wildman–Crippen LogP) is 2.46. The van der Waals surface area contributed by atoms with E-state index < -0.39 is 22.8 Å². The van der Waals surface area contributed by atoms with Crippen LogP contribution in [0.1, 0.15) is 42.5 Å². The number of nitrogens with zero attached hydrogens (tertiary/aromatic N) is 2. The summed E-state index contributed by atoms with van der Waals surface area (Å²) in [6.45, 7) is 0. The summed E-state index contributed by atoms with van der Waals surface area (Å²) in [6.07, 6.45) is 4.23. The molecular formula is C17H20N2O6. The average Bonchev–Trinajstić information content (AvgIpc) is 3.00. The molecule has 1 N–H and O–H groups in total. The van der Waals surface area contributed by atoms with Crippen LogP contribution in [0.4, 0.5) is 5.69 Å². The van der Waals surface area contributed by atoms with Gasteiger partial charge in [0.15, 0.2) is 5.75 Å². The lowest BCUT2D eigenvalue weighted by Gasteiger charge is -2.33. The number of hydrogen-bond donors (Lipinski definition) is 1. The Hall–Kier alpha value is -2.64. The fourth-order valence-electron chi connectivity index (χ4n) is 4.08. The molecule has 2 fully saturated rings. The molecule has 3 atom stereocenters. The van der Waals surface area contributed by atoms with Crippen molar-refractivity contribution >= 4 is 17.6 Å². The second kappa shape index (κ2) is 6.70. The molecule has 0 bridgehead atoms. The van der Waals surface area contributed by atoms with Crippen LogP contribution in [0.25, 0.3) is 0 Å². The Morgan fingerprint density at radius 1 is 1.32 bits per heavy atom. The Morgan fingerprint density at radius 2 is 2.04 bits per heavy atom. The zero-order valence-corrected chi connectivity index (χ0v) is 13.9. The molecule has 0 spiro atoms. The van der Waals surface area contributed by atoms with Crippen LogP contribution in [0.15, 0.2) is 18.2 Å².